The first kappa shape index (κ1) is 12.3. The van der Waals surface area contributed by atoms with E-state index < -0.39 is 23.9 Å². The van der Waals surface area contributed by atoms with E-state index in [4.69, 9.17) is 5.73 Å². The lowest BCUT2D eigenvalue weighted by Gasteiger charge is -2.16. The van der Waals surface area contributed by atoms with E-state index in [1.807, 2.05) is 0 Å². The molecule has 0 saturated heterocycles. The zero-order valence-electron chi connectivity index (χ0n) is 8.13. The third-order valence-electron chi connectivity index (χ3n) is 2.09. The maximum absolute atomic E-state index is 12.8. The van der Waals surface area contributed by atoms with E-state index in [0.29, 0.717) is 6.29 Å². The van der Waals surface area contributed by atoms with Gasteiger partial charge in [-0.15, -0.1) is 0 Å². The van der Waals surface area contributed by atoms with E-state index in [1.54, 1.807) is 0 Å². The van der Waals surface area contributed by atoms with Crippen LogP contribution in [0.25, 0.3) is 0 Å². The molecule has 5 nitrogen and oxygen atoms in total. The molecule has 2 unspecified atom stereocenters. The lowest BCUT2D eigenvalue weighted by atomic mass is 9.99. The monoisotopic (exact) mass is 227 g/mol. The van der Waals surface area contributed by atoms with Crippen LogP contribution in [0, 0.1) is 5.82 Å². The normalized spacial score (nSPS) is 14.2. The van der Waals surface area contributed by atoms with Gasteiger partial charge in [0.1, 0.15) is 11.9 Å². The summed E-state index contributed by atoms with van der Waals surface area (Å²) in [6.45, 7) is 0. The number of nitrogens with two attached hydrogens (primary N) is 1. The minimum Gasteiger partial charge on any atom is -0.385 e. The molecule has 0 heterocycles. The van der Waals surface area contributed by atoms with Gasteiger partial charge in [0.05, 0.1) is 0 Å². The van der Waals surface area contributed by atoms with Crippen LogP contribution in [0.3, 0.4) is 0 Å². The molecule has 0 aliphatic rings. The summed E-state index contributed by atoms with van der Waals surface area (Å²) in [5, 5.41) is 18.7. The minimum atomic E-state index is -1.84. The number of carbonyl (C=O) groups excluding carboxylic acids is 2. The van der Waals surface area contributed by atoms with Crippen molar-refractivity contribution >= 4 is 12.2 Å². The molecule has 4 N–H and O–H groups in total. The number of halogens is 1. The maximum atomic E-state index is 12.8. The van der Waals surface area contributed by atoms with Crippen LogP contribution in [-0.4, -0.2) is 28.5 Å². The van der Waals surface area contributed by atoms with Crippen molar-refractivity contribution in [1.82, 2.24) is 0 Å². The zero-order chi connectivity index (χ0) is 12.3. The Labute approximate surface area is 90.3 Å². The van der Waals surface area contributed by atoms with Crippen LogP contribution in [-0.2, 0) is 4.79 Å². The molecule has 2 atom stereocenters. The number of aliphatic hydroxyl groups excluding tert-OH is 2. The fraction of sp³-hybridized carbons (Fsp3) is 0.200. The summed E-state index contributed by atoms with van der Waals surface area (Å²) in [5.74, 6) is -1.79. The van der Waals surface area contributed by atoms with Gasteiger partial charge < -0.3 is 15.9 Å². The van der Waals surface area contributed by atoms with Crippen LogP contribution >= 0.6 is 0 Å². The summed E-state index contributed by atoms with van der Waals surface area (Å²) < 4.78 is 12.8. The Balaban J connectivity index is 3.12. The Morgan fingerprint density at radius 3 is 2.56 bits per heavy atom. The van der Waals surface area contributed by atoms with Crippen molar-refractivity contribution in [1.29, 1.82) is 0 Å². The topological polar surface area (TPSA) is 101 Å². The third kappa shape index (κ3) is 2.41. The molecule has 0 aliphatic carbocycles. The largest absolute Gasteiger partial charge is 0.385 e. The SMILES string of the molecule is NC(=O)C(O)C(O)c1ccc(F)cc1C=O. The zero-order valence-corrected chi connectivity index (χ0v) is 8.13. The Kier molecular flexibility index (Phi) is 3.70. The van der Waals surface area contributed by atoms with Crippen LogP contribution in [0.1, 0.15) is 22.0 Å². The molecule has 0 aromatic heterocycles. The van der Waals surface area contributed by atoms with Gasteiger partial charge in [-0.25, -0.2) is 4.39 Å². The van der Waals surface area contributed by atoms with Crippen molar-refractivity contribution < 1.29 is 24.2 Å². The van der Waals surface area contributed by atoms with Crippen LogP contribution in [0.2, 0.25) is 0 Å². The molecule has 16 heavy (non-hydrogen) atoms. The first-order valence-electron chi connectivity index (χ1n) is 4.37. The Hall–Kier alpha value is -1.79. The highest BCUT2D eigenvalue weighted by Gasteiger charge is 2.25. The van der Waals surface area contributed by atoms with E-state index in [0.717, 1.165) is 18.2 Å². The number of hydrogen-bond donors (Lipinski definition) is 3. The lowest BCUT2D eigenvalue weighted by molar-refractivity contribution is -0.132. The summed E-state index contributed by atoms with van der Waals surface area (Å²) in [6.07, 6.45) is -3.18. The number of benzene rings is 1. The second kappa shape index (κ2) is 4.82. The molecule has 1 aromatic rings. The molecular formula is C10H10FNO4. The average Bonchev–Trinajstić information content (AvgIpc) is 2.26. The maximum Gasteiger partial charge on any atom is 0.249 e. The lowest BCUT2D eigenvalue weighted by Crippen LogP contribution is -2.34. The predicted molar refractivity (Wildman–Crippen MR) is 51.9 cm³/mol. The molecule has 0 radical (unpaired) electrons. The Morgan fingerprint density at radius 1 is 1.44 bits per heavy atom. The molecular weight excluding hydrogens is 217 g/mol. The molecule has 0 bridgehead atoms. The van der Waals surface area contributed by atoms with E-state index in [2.05, 4.69) is 0 Å². The van der Waals surface area contributed by atoms with Gasteiger partial charge in [-0.1, -0.05) is 6.07 Å². The van der Waals surface area contributed by atoms with Gasteiger partial charge in [0.25, 0.3) is 0 Å². The summed E-state index contributed by atoms with van der Waals surface area (Å²) in [6, 6.07) is 2.99. The second-order valence-corrected chi connectivity index (χ2v) is 3.18. The molecule has 86 valence electrons. The Bertz CT molecular complexity index is 421. The van der Waals surface area contributed by atoms with Gasteiger partial charge >= 0.3 is 0 Å². The molecule has 0 spiro atoms. The second-order valence-electron chi connectivity index (χ2n) is 3.18. The number of amides is 1. The molecule has 0 fully saturated rings. The highest BCUT2D eigenvalue weighted by Crippen LogP contribution is 2.21. The highest BCUT2D eigenvalue weighted by molar-refractivity contribution is 5.81. The first-order valence-corrected chi connectivity index (χ1v) is 4.37. The van der Waals surface area contributed by atoms with Crippen molar-refractivity contribution in [2.45, 2.75) is 12.2 Å². The number of rotatable bonds is 4. The summed E-state index contributed by atoms with van der Waals surface area (Å²) in [5.41, 5.74) is 4.59. The van der Waals surface area contributed by atoms with Gasteiger partial charge in [0.2, 0.25) is 5.91 Å². The summed E-state index contributed by atoms with van der Waals surface area (Å²) in [7, 11) is 0. The fourth-order valence-corrected chi connectivity index (χ4v) is 1.24. The third-order valence-corrected chi connectivity index (χ3v) is 2.09. The molecule has 0 saturated carbocycles. The number of primary amides is 1. The molecule has 1 rings (SSSR count). The van der Waals surface area contributed by atoms with E-state index in [1.165, 1.54) is 0 Å². The van der Waals surface area contributed by atoms with Crippen molar-refractivity contribution in [2.24, 2.45) is 5.73 Å². The van der Waals surface area contributed by atoms with Crippen LogP contribution in [0.5, 0.6) is 0 Å². The van der Waals surface area contributed by atoms with E-state index in [9.17, 15) is 24.2 Å². The van der Waals surface area contributed by atoms with Crippen LogP contribution < -0.4 is 5.73 Å². The molecule has 0 aliphatic heterocycles. The minimum absolute atomic E-state index is 0.0531. The number of hydrogen-bond acceptors (Lipinski definition) is 4. The van der Waals surface area contributed by atoms with Gasteiger partial charge in [-0.05, 0) is 17.7 Å². The molecule has 6 heteroatoms. The quantitative estimate of drug-likeness (QED) is 0.604. The van der Waals surface area contributed by atoms with E-state index in [-0.39, 0.29) is 11.1 Å². The fourth-order valence-electron chi connectivity index (χ4n) is 1.24. The molecule has 1 amide bonds. The first-order chi connectivity index (χ1) is 7.47. The van der Waals surface area contributed by atoms with Gasteiger partial charge in [0.15, 0.2) is 12.4 Å². The number of aliphatic hydroxyl groups is 2. The van der Waals surface area contributed by atoms with Crippen molar-refractivity contribution in [3.8, 4) is 0 Å². The summed E-state index contributed by atoms with van der Waals surface area (Å²) >= 11 is 0. The van der Waals surface area contributed by atoms with Crippen molar-refractivity contribution in [2.75, 3.05) is 0 Å². The summed E-state index contributed by atoms with van der Waals surface area (Å²) in [4.78, 5) is 21.2. The van der Waals surface area contributed by atoms with Gasteiger partial charge in [-0.3, -0.25) is 9.59 Å². The van der Waals surface area contributed by atoms with Gasteiger partial charge in [-0.2, -0.15) is 0 Å². The van der Waals surface area contributed by atoms with Crippen LogP contribution in [0.4, 0.5) is 4.39 Å². The predicted octanol–water partition coefficient (Wildman–Crippen LogP) is -0.482. The van der Waals surface area contributed by atoms with Crippen molar-refractivity contribution in [3.05, 3.63) is 35.1 Å². The highest BCUT2D eigenvalue weighted by atomic mass is 19.1. The van der Waals surface area contributed by atoms with Crippen LogP contribution in [0.15, 0.2) is 18.2 Å². The standard InChI is InChI=1S/C10H10FNO4/c11-6-1-2-7(5(3-6)4-13)8(14)9(15)10(12)16/h1-4,8-9,14-15H,(H2,12,16). The van der Waals surface area contributed by atoms with E-state index >= 15 is 0 Å². The molecule has 1 aromatic carbocycles. The number of aldehydes is 1. The average molecular weight is 227 g/mol. The Morgan fingerprint density at radius 2 is 2.06 bits per heavy atom. The number of carbonyl (C=O) groups is 2. The van der Waals surface area contributed by atoms with Crippen molar-refractivity contribution in [3.63, 3.8) is 0 Å². The smallest absolute Gasteiger partial charge is 0.249 e. The van der Waals surface area contributed by atoms with Gasteiger partial charge in [0, 0.05) is 5.56 Å².